The third-order valence-corrected chi connectivity index (χ3v) is 11.3. The molecule has 0 aliphatic rings. The molecular formula is C62H100O6. The minimum Gasteiger partial charge on any atom is -0.462 e. The van der Waals surface area contributed by atoms with E-state index in [9.17, 15) is 14.4 Å². The lowest BCUT2D eigenvalue weighted by Crippen LogP contribution is -2.30. The number of hydrogen-bond acceptors (Lipinski definition) is 6. The molecule has 0 amide bonds. The second-order valence-corrected chi connectivity index (χ2v) is 17.8. The summed E-state index contributed by atoms with van der Waals surface area (Å²) in [4.78, 5) is 38.1. The van der Waals surface area contributed by atoms with Gasteiger partial charge in [0.1, 0.15) is 13.2 Å². The van der Waals surface area contributed by atoms with Crippen LogP contribution in [0.5, 0.6) is 0 Å². The van der Waals surface area contributed by atoms with E-state index in [4.69, 9.17) is 14.2 Å². The monoisotopic (exact) mass is 941 g/mol. The Kier molecular flexibility index (Phi) is 52.0. The van der Waals surface area contributed by atoms with Crippen LogP contribution in [0.1, 0.15) is 233 Å². The van der Waals surface area contributed by atoms with Gasteiger partial charge in [-0.1, -0.05) is 239 Å². The van der Waals surface area contributed by atoms with Crippen molar-refractivity contribution in [3.63, 3.8) is 0 Å². The van der Waals surface area contributed by atoms with E-state index in [2.05, 4.69) is 87.6 Å². The summed E-state index contributed by atoms with van der Waals surface area (Å²) in [6.45, 7) is 6.29. The lowest BCUT2D eigenvalue weighted by Gasteiger charge is -2.18. The fourth-order valence-electron chi connectivity index (χ4n) is 7.22. The van der Waals surface area contributed by atoms with Crippen molar-refractivity contribution in [2.24, 2.45) is 0 Å². The molecule has 0 aromatic carbocycles. The molecule has 0 aromatic rings. The number of ether oxygens (including phenoxy) is 3. The van der Waals surface area contributed by atoms with Crippen molar-refractivity contribution >= 4 is 17.9 Å². The van der Waals surface area contributed by atoms with E-state index in [0.717, 1.165) is 103 Å². The maximum Gasteiger partial charge on any atom is 0.306 e. The van der Waals surface area contributed by atoms with E-state index in [1.54, 1.807) is 0 Å². The van der Waals surface area contributed by atoms with E-state index in [1.165, 1.54) is 83.5 Å². The molecule has 0 aliphatic heterocycles. The van der Waals surface area contributed by atoms with Gasteiger partial charge in [0.05, 0.1) is 0 Å². The van der Waals surface area contributed by atoms with Crippen molar-refractivity contribution in [1.29, 1.82) is 0 Å². The van der Waals surface area contributed by atoms with Gasteiger partial charge >= 0.3 is 17.9 Å². The lowest BCUT2D eigenvalue weighted by atomic mass is 10.1. The molecule has 0 radical (unpaired) electrons. The van der Waals surface area contributed by atoms with Gasteiger partial charge in [0.2, 0.25) is 0 Å². The average molecular weight is 941 g/mol. The second kappa shape index (κ2) is 55.4. The largest absolute Gasteiger partial charge is 0.462 e. The van der Waals surface area contributed by atoms with Crippen LogP contribution in [-0.2, 0) is 28.6 Å². The number of allylic oxidation sites excluding steroid dienone is 20. The summed E-state index contributed by atoms with van der Waals surface area (Å²) < 4.78 is 16.8. The van der Waals surface area contributed by atoms with Crippen LogP contribution in [0.3, 0.4) is 0 Å². The smallest absolute Gasteiger partial charge is 0.306 e. The summed E-state index contributed by atoms with van der Waals surface area (Å²) >= 11 is 0. The first-order valence-electron chi connectivity index (χ1n) is 27.6. The third kappa shape index (κ3) is 52.8. The summed E-state index contributed by atoms with van der Waals surface area (Å²) in [6.07, 6.45) is 76.2. The summed E-state index contributed by atoms with van der Waals surface area (Å²) in [7, 11) is 0. The van der Waals surface area contributed by atoms with Crippen molar-refractivity contribution in [3.05, 3.63) is 122 Å². The maximum absolute atomic E-state index is 12.8. The minimum absolute atomic E-state index is 0.115. The van der Waals surface area contributed by atoms with Crippen LogP contribution in [0.25, 0.3) is 0 Å². The average Bonchev–Trinajstić information content (AvgIpc) is 3.34. The first-order chi connectivity index (χ1) is 33.5. The molecule has 0 N–H and O–H groups in total. The molecule has 384 valence electrons. The highest BCUT2D eigenvalue weighted by atomic mass is 16.6. The number of hydrogen-bond donors (Lipinski definition) is 0. The molecule has 0 saturated heterocycles. The summed E-state index contributed by atoms with van der Waals surface area (Å²) in [5, 5.41) is 0. The Labute approximate surface area is 418 Å². The van der Waals surface area contributed by atoms with Crippen molar-refractivity contribution in [3.8, 4) is 0 Å². The van der Waals surface area contributed by atoms with E-state index in [0.29, 0.717) is 19.3 Å². The number of carbonyl (C=O) groups is 3. The van der Waals surface area contributed by atoms with Crippen LogP contribution < -0.4 is 0 Å². The highest BCUT2D eigenvalue weighted by Gasteiger charge is 2.19. The fraction of sp³-hybridized carbons (Fsp3) is 0.629. The summed E-state index contributed by atoms with van der Waals surface area (Å²) in [5.74, 6) is -1.02. The van der Waals surface area contributed by atoms with Crippen molar-refractivity contribution in [2.75, 3.05) is 13.2 Å². The Balaban J connectivity index is 4.50. The predicted molar refractivity (Wildman–Crippen MR) is 293 cm³/mol. The van der Waals surface area contributed by atoms with Crippen molar-refractivity contribution in [1.82, 2.24) is 0 Å². The lowest BCUT2D eigenvalue weighted by molar-refractivity contribution is -0.167. The van der Waals surface area contributed by atoms with Gasteiger partial charge in [-0.25, -0.2) is 0 Å². The minimum atomic E-state index is -0.821. The van der Waals surface area contributed by atoms with Gasteiger partial charge in [-0.15, -0.1) is 0 Å². The molecule has 0 aliphatic carbocycles. The normalized spacial score (nSPS) is 13.0. The molecule has 0 bridgehead atoms. The topological polar surface area (TPSA) is 78.9 Å². The zero-order chi connectivity index (χ0) is 49.3. The molecule has 0 aromatic heterocycles. The molecular weight excluding hydrogens is 841 g/mol. The Bertz CT molecular complexity index is 1450. The molecule has 0 saturated carbocycles. The molecule has 0 spiro atoms. The zero-order valence-corrected chi connectivity index (χ0v) is 43.8. The number of esters is 3. The van der Waals surface area contributed by atoms with Gasteiger partial charge in [-0.2, -0.15) is 0 Å². The quantitative estimate of drug-likeness (QED) is 0.0199. The van der Waals surface area contributed by atoms with Crippen molar-refractivity contribution in [2.45, 2.75) is 239 Å². The maximum atomic E-state index is 12.8. The Morgan fingerprint density at radius 3 is 1.13 bits per heavy atom. The van der Waals surface area contributed by atoms with Crippen molar-refractivity contribution < 1.29 is 28.6 Å². The number of carbonyl (C=O) groups excluding carboxylic acids is 3. The van der Waals surface area contributed by atoms with Crippen LogP contribution in [0, 0.1) is 0 Å². The first-order valence-corrected chi connectivity index (χ1v) is 27.6. The van der Waals surface area contributed by atoms with Crippen LogP contribution in [0.15, 0.2) is 122 Å². The Morgan fingerprint density at radius 2 is 0.662 bits per heavy atom. The van der Waals surface area contributed by atoms with Crippen LogP contribution in [-0.4, -0.2) is 37.2 Å². The highest BCUT2D eigenvalue weighted by molar-refractivity contribution is 5.71. The summed E-state index contributed by atoms with van der Waals surface area (Å²) in [6, 6.07) is 0. The van der Waals surface area contributed by atoms with E-state index < -0.39 is 6.10 Å². The molecule has 6 nitrogen and oxygen atoms in total. The SMILES string of the molecule is CC/C=C/C=C/C=C/C=C/C=C/CCCC(=O)OCC(COC(=O)CCCCCCCC/C=C/C/C=C/C/C=C/C/C=C/CC)OC(=O)CCCCCCC/C=C/CCCCCCCCCCC. The third-order valence-electron chi connectivity index (χ3n) is 11.3. The van der Waals surface area contributed by atoms with Crippen LogP contribution in [0.2, 0.25) is 0 Å². The molecule has 1 atom stereocenters. The molecule has 6 heteroatoms. The van der Waals surface area contributed by atoms with Crippen LogP contribution in [0.4, 0.5) is 0 Å². The van der Waals surface area contributed by atoms with Gasteiger partial charge in [-0.3, -0.25) is 14.4 Å². The Morgan fingerprint density at radius 1 is 0.324 bits per heavy atom. The second-order valence-electron chi connectivity index (χ2n) is 17.8. The Hall–Kier alpha value is -4.19. The van der Waals surface area contributed by atoms with Gasteiger partial charge in [0, 0.05) is 19.3 Å². The van der Waals surface area contributed by atoms with Gasteiger partial charge in [0.15, 0.2) is 6.10 Å². The van der Waals surface area contributed by atoms with Crippen LogP contribution >= 0.6 is 0 Å². The zero-order valence-electron chi connectivity index (χ0n) is 43.8. The van der Waals surface area contributed by atoms with E-state index >= 15 is 0 Å². The number of rotatable bonds is 48. The molecule has 0 rings (SSSR count). The predicted octanol–water partition coefficient (Wildman–Crippen LogP) is 18.5. The highest BCUT2D eigenvalue weighted by Crippen LogP contribution is 2.14. The van der Waals surface area contributed by atoms with E-state index in [1.807, 2.05) is 54.7 Å². The fourth-order valence-corrected chi connectivity index (χ4v) is 7.22. The number of unbranched alkanes of at least 4 members (excludes halogenated alkanes) is 21. The van der Waals surface area contributed by atoms with Gasteiger partial charge in [0.25, 0.3) is 0 Å². The van der Waals surface area contributed by atoms with Gasteiger partial charge < -0.3 is 14.2 Å². The molecule has 68 heavy (non-hydrogen) atoms. The first kappa shape index (κ1) is 63.8. The van der Waals surface area contributed by atoms with E-state index in [-0.39, 0.29) is 37.5 Å². The molecule has 1 unspecified atom stereocenters. The summed E-state index contributed by atoms with van der Waals surface area (Å²) in [5.41, 5.74) is 0. The van der Waals surface area contributed by atoms with Gasteiger partial charge in [-0.05, 0) is 96.3 Å². The molecule has 0 fully saturated rings. The standard InChI is InChI=1S/C62H100O6/c1-4-7-10-13-16-19-22-25-27-29-31-33-34-37-40-43-46-49-52-55-61(64)67-58-59(57-66-60(63)54-51-48-45-42-39-36-24-21-18-15-12-9-6-3)68-62(65)56-53-50-47-44-41-38-35-32-30-28-26-23-20-17-14-11-8-5-2/h7,9-10,12,15-16,18-19,21,24-25,27,31-33,35-36,39,42,45,59H,4-6,8,11,13-14,17,20,22-23,26,28-30,34,37-38,40-41,43-44,46-58H2,1-3H3/b10-7+,12-9+,18-15+,19-16+,24-21+,27-25+,33-31+,35-32+,39-36+,45-42+. The molecule has 0 heterocycles.